The van der Waals surface area contributed by atoms with Gasteiger partial charge in [-0.3, -0.25) is 10.1 Å². The van der Waals surface area contributed by atoms with E-state index < -0.39 is 9.75 Å². The molecule has 2 aromatic rings. The van der Waals surface area contributed by atoms with Crippen LogP contribution in [0.4, 0.5) is 5.13 Å². The third-order valence-corrected chi connectivity index (χ3v) is 5.41. The summed E-state index contributed by atoms with van der Waals surface area (Å²) in [5.74, 6) is -0.224. The molecule has 1 heterocycles. The van der Waals surface area contributed by atoms with Crippen LogP contribution in [0.2, 0.25) is 0 Å². The maximum Gasteiger partial charge on any atom is 0.235 e. The van der Waals surface area contributed by atoms with Crippen LogP contribution >= 0.6 is 34.5 Å². The molecule has 0 unspecified atom stereocenters. The number of rotatable bonds is 3. The highest BCUT2D eigenvalue weighted by Crippen LogP contribution is 2.64. The Morgan fingerprint density at radius 3 is 2.55 bits per heavy atom. The Hall–Kier alpha value is -1.17. The molecule has 7 heteroatoms. The minimum Gasteiger partial charge on any atom is -0.300 e. The third-order valence-electron chi connectivity index (χ3n) is 3.43. The van der Waals surface area contributed by atoms with Gasteiger partial charge in [0.1, 0.15) is 9.34 Å². The molecule has 3 rings (SSSR count). The molecule has 0 aliphatic heterocycles. The second kappa shape index (κ2) is 4.69. The fraction of sp³-hybridized carbons (Fsp3) is 0.308. The van der Waals surface area contributed by atoms with Crippen LogP contribution < -0.4 is 5.32 Å². The largest absolute Gasteiger partial charge is 0.300 e. The average molecular weight is 328 g/mol. The standard InChI is InChI=1S/C13H11Cl2N3OS/c1-12(7-13(12,14)15)10(19)16-11-18-17-9(20-11)8-5-3-2-4-6-8/h2-6H,7H2,1H3,(H,16,18,19)/t12-/m1/s1. The molecule has 1 aromatic carbocycles. The fourth-order valence-electron chi connectivity index (χ4n) is 1.85. The Labute approximate surface area is 130 Å². The van der Waals surface area contributed by atoms with Crippen molar-refractivity contribution in [1.82, 2.24) is 10.2 Å². The lowest BCUT2D eigenvalue weighted by atomic mass is 10.1. The minimum atomic E-state index is -0.982. The molecule has 4 nitrogen and oxygen atoms in total. The number of halogens is 2. The van der Waals surface area contributed by atoms with Gasteiger partial charge in [-0.25, -0.2) is 0 Å². The van der Waals surface area contributed by atoms with Gasteiger partial charge in [0, 0.05) is 5.56 Å². The SMILES string of the molecule is C[C@]1(C(=O)Nc2nnc(-c3ccccc3)s2)CC1(Cl)Cl. The van der Waals surface area contributed by atoms with Crippen molar-refractivity contribution in [3.05, 3.63) is 30.3 Å². The number of carbonyl (C=O) groups is 1. The lowest BCUT2D eigenvalue weighted by molar-refractivity contribution is -0.120. The molecule has 0 bridgehead atoms. The summed E-state index contributed by atoms with van der Waals surface area (Å²) in [6, 6.07) is 9.67. The van der Waals surface area contributed by atoms with E-state index in [1.54, 1.807) is 6.92 Å². The monoisotopic (exact) mass is 327 g/mol. The summed E-state index contributed by atoms with van der Waals surface area (Å²) in [5, 5.41) is 12.0. The maximum atomic E-state index is 12.1. The molecular weight excluding hydrogens is 317 g/mol. The van der Waals surface area contributed by atoms with Crippen molar-refractivity contribution in [2.75, 3.05) is 5.32 Å². The second-order valence-electron chi connectivity index (χ2n) is 4.95. The van der Waals surface area contributed by atoms with E-state index >= 15 is 0 Å². The van der Waals surface area contributed by atoms with E-state index in [2.05, 4.69) is 15.5 Å². The zero-order chi connectivity index (χ0) is 14.4. The van der Waals surface area contributed by atoms with Crippen LogP contribution in [-0.4, -0.2) is 20.4 Å². The molecule has 0 radical (unpaired) electrons. The van der Waals surface area contributed by atoms with Gasteiger partial charge >= 0.3 is 0 Å². The predicted molar refractivity (Wildman–Crippen MR) is 81.1 cm³/mol. The van der Waals surface area contributed by atoms with Crippen molar-refractivity contribution < 1.29 is 4.79 Å². The topological polar surface area (TPSA) is 54.9 Å². The second-order valence-corrected chi connectivity index (χ2v) is 7.41. The molecule has 104 valence electrons. The third kappa shape index (κ3) is 2.30. The summed E-state index contributed by atoms with van der Waals surface area (Å²) in [7, 11) is 0. The molecule has 1 atom stereocenters. The number of nitrogens with one attached hydrogen (secondary N) is 1. The lowest BCUT2D eigenvalue weighted by Gasteiger charge is -2.09. The maximum absolute atomic E-state index is 12.1. The van der Waals surface area contributed by atoms with E-state index in [1.165, 1.54) is 11.3 Å². The van der Waals surface area contributed by atoms with E-state index in [4.69, 9.17) is 23.2 Å². The van der Waals surface area contributed by atoms with Gasteiger partial charge in [0.05, 0.1) is 5.41 Å². The van der Waals surface area contributed by atoms with Crippen molar-refractivity contribution in [1.29, 1.82) is 0 Å². The number of aromatic nitrogens is 2. The van der Waals surface area contributed by atoms with Gasteiger partial charge in [-0.05, 0) is 13.3 Å². The van der Waals surface area contributed by atoms with E-state index in [9.17, 15) is 4.79 Å². The molecular formula is C13H11Cl2N3OS. The van der Waals surface area contributed by atoms with Gasteiger partial charge < -0.3 is 0 Å². The van der Waals surface area contributed by atoms with Crippen LogP contribution in [0.1, 0.15) is 13.3 Å². The highest BCUT2D eigenvalue weighted by Gasteiger charge is 2.68. The first-order valence-corrected chi connectivity index (χ1v) is 7.58. The Morgan fingerprint density at radius 1 is 1.30 bits per heavy atom. The van der Waals surface area contributed by atoms with Crippen LogP contribution in [0.15, 0.2) is 30.3 Å². The van der Waals surface area contributed by atoms with Gasteiger partial charge in [-0.15, -0.1) is 33.4 Å². The molecule has 1 aliphatic carbocycles. The predicted octanol–water partition coefficient (Wildman–Crippen LogP) is 3.73. The van der Waals surface area contributed by atoms with Crippen molar-refractivity contribution in [2.24, 2.45) is 5.41 Å². The van der Waals surface area contributed by atoms with Crippen LogP contribution in [0.5, 0.6) is 0 Å². The number of benzene rings is 1. The Bertz CT molecular complexity index is 659. The van der Waals surface area contributed by atoms with Gasteiger partial charge in [0.25, 0.3) is 0 Å². The molecule has 0 saturated heterocycles. The normalized spacial score (nSPS) is 23.4. The van der Waals surface area contributed by atoms with Crippen LogP contribution in [0, 0.1) is 5.41 Å². The van der Waals surface area contributed by atoms with E-state index in [1.807, 2.05) is 30.3 Å². The summed E-state index contributed by atoms with van der Waals surface area (Å²) in [6.45, 7) is 1.74. The quantitative estimate of drug-likeness (QED) is 0.874. The molecule has 1 amide bonds. The fourth-order valence-corrected chi connectivity index (χ4v) is 3.30. The van der Waals surface area contributed by atoms with Crippen LogP contribution in [0.3, 0.4) is 0 Å². The van der Waals surface area contributed by atoms with Gasteiger partial charge in [0.2, 0.25) is 11.0 Å². The average Bonchev–Trinajstić information content (AvgIpc) is 2.78. The highest BCUT2D eigenvalue weighted by molar-refractivity contribution is 7.18. The molecule has 0 spiro atoms. The van der Waals surface area contributed by atoms with Crippen molar-refractivity contribution in [2.45, 2.75) is 17.7 Å². The first-order valence-electron chi connectivity index (χ1n) is 6.01. The molecule has 1 N–H and O–H groups in total. The number of anilines is 1. The summed E-state index contributed by atoms with van der Waals surface area (Å²) < 4.78 is -0.982. The highest BCUT2D eigenvalue weighted by atomic mass is 35.5. The summed E-state index contributed by atoms with van der Waals surface area (Å²) in [6.07, 6.45) is 0.444. The number of nitrogens with zero attached hydrogens (tertiary/aromatic N) is 2. The number of hydrogen-bond donors (Lipinski definition) is 1. The summed E-state index contributed by atoms with van der Waals surface area (Å²) in [4.78, 5) is 12.1. The zero-order valence-corrected chi connectivity index (χ0v) is 12.9. The van der Waals surface area contributed by atoms with Gasteiger partial charge in [-0.1, -0.05) is 41.7 Å². The van der Waals surface area contributed by atoms with Crippen molar-refractivity contribution in [3.63, 3.8) is 0 Å². The van der Waals surface area contributed by atoms with E-state index in [-0.39, 0.29) is 5.91 Å². The number of alkyl halides is 2. The van der Waals surface area contributed by atoms with Crippen LogP contribution in [0.25, 0.3) is 10.6 Å². The smallest absolute Gasteiger partial charge is 0.235 e. The van der Waals surface area contributed by atoms with E-state index in [0.717, 1.165) is 10.6 Å². The van der Waals surface area contributed by atoms with Crippen LogP contribution in [-0.2, 0) is 4.79 Å². The summed E-state index contributed by atoms with van der Waals surface area (Å²) >= 11 is 13.3. The van der Waals surface area contributed by atoms with Gasteiger partial charge in [0.15, 0.2) is 0 Å². The first kappa shape index (κ1) is 13.8. The Balaban J connectivity index is 1.74. The lowest BCUT2D eigenvalue weighted by Crippen LogP contribution is -2.25. The van der Waals surface area contributed by atoms with Gasteiger partial charge in [-0.2, -0.15) is 0 Å². The number of amides is 1. The van der Waals surface area contributed by atoms with Crippen molar-refractivity contribution >= 4 is 45.6 Å². The molecule has 20 heavy (non-hydrogen) atoms. The summed E-state index contributed by atoms with van der Waals surface area (Å²) in [5.41, 5.74) is 0.210. The first-order chi connectivity index (χ1) is 9.42. The zero-order valence-electron chi connectivity index (χ0n) is 10.6. The number of hydrogen-bond acceptors (Lipinski definition) is 4. The molecule has 1 aromatic heterocycles. The Kier molecular flexibility index (Phi) is 3.23. The number of carbonyl (C=O) groups excluding carboxylic acids is 1. The molecule has 1 saturated carbocycles. The molecule has 1 fully saturated rings. The molecule has 1 aliphatic rings. The van der Waals surface area contributed by atoms with Crippen molar-refractivity contribution in [3.8, 4) is 10.6 Å². The minimum absolute atomic E-state index is 0.224. The van der Waals surface area contributed by atoms with E-state index in [0.29, 0.717) is 11.6 Å². The Morgan fingerprint density at radius 2 is 1.95 bits per heavy atom.